The number of nitrogens with zero attached hydrogens (tertiary/aromatic N) is 5. The van der Waals surface area contributed by atoms with Crippen LogP contribution < -0.4 is 0 Å². The minimum atomic E-state index is -0.416. The third-order valence-corrected chi connectivity index (χ3v) is 6.03. The van der Waals surface area contributed by atoms with Crippen molar-refractivity contribution < 1.29 is 5.11 Å². The molecule has 0 amide bonds. The Balaban J connectivity index is 1.64. The highest BCUT2D eigenvalue weighted by atomic mass is 32.2. The Bertz CT molecular complexity index is 1260. The molecule has 2 heterocycles. The van der Waals surface area contributed by atoms with E-state index in [1.165, 1.54) is 11.8 Å². The average molecular weight is 417 g/mol. The van der Waals surface area contributed by atoms with Crippen LogP contribution in [0.15, 0.2) is 59.4 Å². The van der Waals surface area contributed by atoms with Crippen molar-refractivity contribution in [2.75, 3.05) is 0 Å². The highest BCUT2D eigenvalue weighted by molar-refractivity contribution is 7.99. The number of aromatic nitrogens is 5. The van der Waals surface area contributed by atoms with Crippen molar-refractivity contribution in [3.63, 3.8) is 0 Å². The van der Waals surface area contributed by atoms with Gasteiger partial charge in [-0.2, -0.15) is 5.26 Å². The normalized spacial score (nSPS) is 13.1. The molecule has 2 aromatic heterocycles. The monoisotopic (exact) mass is 416 g/mol. The van der Waals surface area contributed by atoms with Crippen LogP contribution in [0.4, 0.5) is 0 Å². The number of nitrogens with one attached hydrogen (secondary N) is 1. The SMILES string of the molecule is Cc1ccccc1-c1nnc(S[C@@H](C)/C(O)=C(\C#N)c2nc3ccccc3[nH]2)n1C. The van der Waals surface area contributed by atoms with Crippen molar-refractivity contribution in [2.24, 2.45) is 7.05 Å². The molecule has 150 valence electrons. The van der Waals surface area contributed by atoms with Gasteiger partial charge in [0.2, 0.25) is 0 Å². The number of benzene rings is 2. The highest BCUT2D eigenvalue weighted by Gasteiger charge is 2.22. The number of imidazole rings is 1. The fourth-order valence-electron chi connectivity index (χ4n) is 3.20. The van der Waals surface area contributed by atoms with Gasteiger partial charge in [0.1, 0.15) is 17.4 Å². The predicted molar refractivity (Wildman–Crippen MR) is 118 cm³/mol. The van der Waals surface area contributed by atoms with Crippen molar-refractivity contribution in [2.45, 2.75) is 24.3 Å². The molecule has 2 aromatic carbocycles. The summed E-state index contributed by atoms with van der Waals surface area (Å²) in [5, 5.41) is 29.3. The number of allylic oxidation sites excluding steroid dienone is 1. The Morgan fingerprint density at radius 1 is 1.17 bits per heavy atom. The maximum atomic E-state index is 10.8. The number of para-hydroxylation sites is 2. The molecule has 0 fully saturated rings. The summed E-state index contributed by atoms with van der Waals surface area (Å²) >= 11 is 1.33. The number of fused-ring (bicyclic) bond motifs is 1. The molecule has 7 nitrogen and oxygen atoms in total. The Labute approximate surface area is 178 Å². The summed E-state index contributed by atoms with van der Waals surface area (Å²) in [5.74, 6) is 1.05. The summed E-state index contributed by atoms with van der Waals surface area (Å²) in [6, 6.07) is 17.6. The zero-order chi connectivity index (χ0) is 21.3. The number of aliphatic hydroxyl groups is 1. The molecule has 0 aliphatic rings. The van der Waals surface area contributed by atoms with Gasteiger partial charge in [0, 0.05) is 12.6 Å². The molecule has 0 aliphatic carbocycles. The van der Waals surface area contributed by atoms with Crippen LogP contribution in [0.3, 0.4) is 0 Å². The maximum absolute atomic E-state index is 10.8. The minimum Gasteiger partial charge on any atom is -0.510 e. The smallest absolute Gasteiger partial charge is 0.191 e. The van der Waals surface area contributed by atoms with E-state index in [9.17, 15) is 10.4 Å². The number of nitriles is 1. The van der Waals surface area contributed by atoms with Crippen LogP contribution in [-0.2, 0) is 7.05 Å². The van der Waals surface area contributed by atoms with E-state index in [0.717, 1.165) is 28.0 Å². The Kier molecular flexibility index (Phi) is 5.29. The molecule has 0 radical (unpaired) electrons. The third kappa shape index (κ3) is 3.55. The molecule has 0 saturated heterocycles. The zero-order valence-corrected chi connectivity index (χ0v) is 17.6. The molecule has 2 N–H and O–H groups in total. The van der Waals surface area contributed by atoms with Crippen LogP contribution in [0.25, 0.3) is 28.0 Å². The van der Waals surface area contributed by atoms with E-state index in [1.807, 2.05) is 74.0 Å². The van der Waals surface area contributed by atoms with Gasteiger partial charge in [0.05, 0.1) is 16.3 Å². The van der Waals surface area contributed by atoms with Gasteiger partial charge in [0.25, 0.3) is 0 Å². The summed E-state index contributed by atoms with van der Waals surface area (Å²) in [4.78, 5) is 7.52. The summed E-state index contributed by atoms with van der Waals surface area (Å²) in [6.45, 7) is 3.85. The van der Waals surface area contributed by atoms with Crippen LogP contribution >= 0.6 is 11.8 Å². The largest absolute Gasteiger partial charge is 0.510 e. The molecule has 4 aromatic rings. The fourth-order valence-corrected chi connectivity index (χ4v) is 4.07. The van der Waals surface area contributed by atoms with Gasteiger partial charge < -0.3 is 14.7 Å². The van der Waals surface area contributed by atoms with Gasteiger partial charge in [-0.1, -0.05) is 48.2 Å². The van der Waals surface area contributed by atoms with Crippen molar-refractivity contribution in [3.8, 4) is 17.5 Å². The maximum Gasteiger partial charge on any atom is 0.191 e. The van der Waals surface area contributed by atoms with Crippen LogP contribution in [-0.4, -0.2) is 35.1 Å². The second kappa shape index (κ2) is 8.05. The van der Waals surface area contributed by atoms with E-state index < -0.39 is 5.25 Å². The van der Waals surface area contributed by atoms with Crippen LogP contribution in [0.2, 0.25) is 0 Å². The van der Waals surface area contributed by atoms with E-state index in [1.54, 1.807) is 0 Å². The van der Waals surface area contributed by atoms with Crippen LogP contribution in [0.5, 0.6) is 0 Å². The van der Waals surface area contributed by atoms with Gasteiger partial charge in [-0.05, 0) is 31.5 Å². The number of aryl methyl sites for hydroxylation is 1. The van der Waals surface area contributed by atoms with Gasteiger partial charge in [-0.15, -0.1) is 10.2 Å². The molecular weight excluding hydrogens is 396 g/mol. The lowest BCUT2D eigenvalue weighted by Gasteiger charge is -2.12. The number of rotatable bonds is 5. The topological polar surface area (TPSA) is 103 Å². The number of hydrogen-bond acceptors (Lipinski definition) is 6. The Hall–Kier alpha value is -3.57. The second-order valence-corrected chi connectivity index (χ2v) is 8.22. The number of hydrogen-bond donors (Lipinski definition) is 2. The predicted octanol–water partition coefficient (Wildman–Crippen LogP) is 4.64. The van der Waals surface area contributed by atoms with Crippen LogP contribution in [0.1, 0.15) is 18.3 Å². The van der Waals surface area contributed by atoms with E-state index in [2.05, 4.69) is 26.2 Å². The Morgan fingerprint density at radius 2 is 1.90 bits per heavy atom. The summed E-state index contributed by atoms with van der Waals surface area (Å²) in [6.07, 6.45) is 0. The molecule has 4 rings (SSSR count). The zero-order valence-electron chi connectivity index (χ0n) is 16.8. The molecule has 0 saturated carbocycles. The van der Waals surface area contributed by atoms with Gasteiger partial charge in [-0.25, -0.2) is 4.98 Å². The third-order valence-electron chi connectivity index (χ3n) is 4.88. The minimum absolute atomic E-state index is 0.0537. The van der Waals surface area contributed by atoms with E-state index in [4.69, 9.17) is 0 Å². The van der Waals surface area contributed by atoms with Gasteiger partial charge >= 0.3 is 0 Å². The molecule has 30 heavy (non-hydrogen) atoms. The van der Waals surface area contributed by atoms with E-state index in [-0.39, 0.29) is 11.3 Å². The second-order valence-electron chi connectivity index (χ2n) is 6.91. The summed E-state index contributed by atoms with van der Waals surface area (Å²) in [5.41, 5.74) is 3.78. The fraction of sp³-hybridized carbons (Fsp3) is 0.182. The van der Waals surface area contributed by atoms with Crippen molar-refractivity contribution in [1.82, 2.24) is 24.7 Å². The first kappa shape index (κ1) is 19.7. The van der Waals surface area contributed by atoms with E-state index in [0.29, 0.717) is 11.0 Å². The standard InChI is InChI=1S/C22H20N6OS/c1-13-8-4-5-9-15(13)21-26-27-22(28(21)3)30-14(2)19(29)16(12-23)20-24-17-10-6-7-11-18(17)25-20/h4-11,14,29H,1-3H3,(H,24,25)/b19-16-/t14-/m0/s1. The number of aliphatic hydroxyl groups excluding tert-OH is 1. The van der Waals surface area contributed by atoms with Gasteiger partial charge in [-0.3, -0.25) is 0 Å². The first-order valence-corrected chi connectivity index (χ1v) is 10.3. The highest BCUT2D eigenvalue weighted by Crippen LogP contribution is 2.31. The lowest BCUT2D eigenvalue weighted by molar-refractivity contribution is 0.401. The summed E-state index contributed by atoms with van der Waals surface area (Å²) < 4.78 is 1.89. The van der Waals surface area contributed by atoms with Crippen LogP contribution in [0, 0.1) is 18.3 Å². The van der Waals surface area contributed by atoms with Crippen molar-refractivity contribution in [3.05, 3.63) is 65.7 Å². The number of thioether (sulfide) groups is 1. The number of aromatic amines is 1. The lowest BCUT2D eigenvalue weighted by atomic mass is 10.1. The molecule has 1 atom stereocenters. The Morgan fingerprint density at radius 3 is 2.63 bits per heavy atom. The first-order valence-electron chi connectivity index (χ1n) is 9.40. The quantitative estimate of drug-likeness (QED) is 0.279. The molecule has 0 unspecified atom stereocenters. The first-order chi connectivity index (χ1) is 14.5. The lowest BCUT2D eigenvalue weighted by Crippen LogP contribution is -2.07. The van der Waals surface area contributed by atoms with E-state index >= 15 is 0 Å². The molecular formula is C22H20N6OS. The van der Waals surface area contributed by atoms with Crippen molar-refractivity contribution in [1.29, 1.82) is 5.26 Å². The average Bonchev–Trinajstić information content (AvgIpc) is 3.32. The van der Waals surface area contributed by atoms with Gasteiger partial charge in [0.15, 0.2) is 16.8 Å². The number of H-pyrrole nitrogens is 1. The summed E-state index contributed by atoms with van der Waals surface area (Å²) in [7, 11) is 1.89. The molecule has 0 aliphatic heterocycles. The molecule has 0 spiro atoms. The molecule has 8 heteroatoms. The molecule has 0 bridgehead atoms. The van der Waals surface area contributed by atoms with Crippen molar-refractivity contribution >= 4 is 28.4 Å².